The van der Waals surface area contributed by atoms with Crippen molar-refractivity contribution in [3.63, 3.8) is 0 Å². The lowest BCUT2D eigenvalue weighted by Gasteiger charge is -2.30. The molecule has 3 atom stereocenters. The summed E-state index contributed by atoms with van der Waals surface area (Å²) in [6, 6.07) is 6.93. The molecule has 0 aromatic heterocycles. The number of fused-ring (bicyclic) bond motifs is 1. The Kier molecular flexibility index (Phi) is 4.62. The third kappa shape index (κ3) is 3.09. The first kappa shape index (κ1) is 18.0. The van der Waals surface area contributed by atoms with Crippen molar-refractivity contribution in [2.45, 2.75) is 33.1 Å². The number of allylic oxidation sites excluding steroid dienone is 2. The molecule has 3 amide bonds. The first-order valence-corrected chi connectivity index (χ1v) is 9.91. The third-order valence-corrected chi connectivity index (χ3v) is 6.32. The van der Waals surface area contributed by atoms with Gasteiger partial charge in [-0.2, -0.15) is 0 Å². The van der Waals surface area contributed by atoms with Crippen LogP contribution in [0.2, 0.25) is 0 Å². The number of piperidine rings is 1. The van der Waals surface area contributed by atoms with E-state index in [4.69, 9.17) is 0 Å². The molecule has 0 saturated carbocycles. The number of carbonyl (C=O) groups excluding carboxylic acids is 3. The number of anilines is 1. The summed E-state index contributed by atoms with van der Waals surface area (Å²) in [6.07, 6.45) is 6.73. The molecule has 0 spiro atoms. The average Bonchev–Trinajstić information content (AvgIpc) is 2.94. The van der Waals surface area contributed by atoms with Crippen molar-refractivity contribution < 1.29 is 14.4 Å². The second-order valence-corrected chi connectivity index (χ2v) is 8.19. The van der Waals surface area contributed by atoms with E-state index in [0.717, 1.165) is 25.9 Å². The van der Waals surface area contributed by atoms with E-state index in [2.05, 4.69) is 6.92 Å². The Balaban J connectivity index is 1.52. The number of imide groups is 1. The lowest BCUT2D eigenvalue weighted by Crippen LogP contribution is -2.38. The lowest BCUT2D eigenvalue weighted by atomic mass is 9.78. The molecule has 0 bridgehead atoms. The van der Waals surface area contributed by atoms with Crippen LogP contribution in [0.15, 0.2) is 36.4 Å². The monoisotopic (exact) mass is 366 g/mol. The van der Waals surface area contributed by atoms with Gasteiger partial charge in [-0.05, 0) is 55.4 Å². The molecule has 3 aliphatic rings. The highest BCUT2D eigenvalue weighted by Gasteiger charge is 2.50. The SMILES string of the molecule is CC1CCN(C(=O)c2ccc(N3C(=O)[C@@H]4[C@H](C)C=CC[C@@H]4C3=O)cc2)CC1. The molecule has 5 heteroatoms. The van der Waals surface area contributed by atoms with E-state index in [9.17, 15) is 14.4 Å². The van der Waals surface area contributed by atoms with Crippen LogP contribution in [0.1, 0.15) is 43.5 Å². The second kappa shape index (κ2) is 6.95. The Morgan fingerprint density at radius 1 is 1.00 bits per heavy atom. The smallest absolute Gasteiger partial charge is 0.253 e. The predicted molar refractivity (Wildman–Crippen MR) is 103 cm³/mol. The van der Waals surface area contributed by atoms with Crippen LogP contribution < -0.4 is 4.90 Å². The Labute approximate surface area is 160 Å². The van der Waals surface area contributed by atoms with E-state index >= 15 is 0 Å². The summed E-state index contributed by atoms with van der Waals surface area (Å²) >= 11 is 0. The standard InChI is InChI=1S/C22H26N2O3/c1-14-10-12-23(13-11-14)20(25)16-6-8-17(9-7-16)24-21(26)18-5-3-4-15(2)19(18)22(24)27/h3-4,6-9,14-15,18-19H,5,10-13H2,1-2H3/t15-,18+,19-/m1/s1. The van der Waals surface area contributed by atoms with Gasteiger partial charge in [-0.3, -0.25) is 19.3 Å². The highest BCUT2D eigenvalue weighted by Crippen LogP contribution is 2.40. The number of rotatable bonds is 2. The number of amides is 3. The van der Waals surface area contributed by atoms with Crippen LogP contribution in [-0.4, -0.2) is 35.7 Å². The van der Waals surface area contributed by atoms with Gasteiger partial charge in [0.15, 0.2) is 0 Å². The number of carbonyl (C=O) groups is 3. The molecule has 4 rings (SSSR count). The number of hydrogen-bond acceptors (Lipinski definition) is 3. The number of benzene rings is 1. The van der Waals surface area contributed by atoms with E-state index in [0.29, 0.717) is 23.6 Å². The van der Waals surface area contributed by atoms with Crippen LogP contribution in [-0.2, 0) is 9.59 Å². The van der Waals surface area contributed by atoms with Gasteiger partial charge in [0.1, 0.15) is 0 Å². The van der Waals surface area contributed by atoms with E-state index < -0.39 is 0 Å². The first-order valence-electron chi connectivity index (χ1n) is 9.91. The van der Waals surface area contributed by atoms with Crippen LogP contribution in [0.25, 0.3) is 0 Å². The van der Waals surface area contributed by atoms with E-state index in [1.165, 1.54) is 4.90 Å². The van der Waals surface area contributed by atoms with Crippen molar-refractivity contribution in [2.24, 2.45) is 23.7 Å². The van der Waals surface area contributed by atoms with Crippen LogP contribution in [0, 0.1) is 23.7 Å². The summed E-state index contributed by atoms with van der Waals surface area (Å²) in [7, 11) is 0. The molecule has 2 heterocycles. The van der Waals surface area contributed by atoms with Gasteiger partial charge in [-0.1, -0.05) is 26.0 Å². The van der Waals surface area contributed by atoms with E-state index in [-0.39, 0.29) is 35.5 Å². The van der Waals surface area contributed by atoms with Crippen LogP contribution >= 0.6 is 0 Å². The molecule has 0 unspecified atom stereocenters. The molecule has 0 radical (unpaired) electrons. The zero-order chi connectivity index (χ0) is 19.1. The molecule has 1 aromatic rings. The molecule has 5 nitrogen and oxygen atoms in total. The van der Waals surface area contributed by atoms with Crippen molar-refractivity contribution in [1.82, 2.24) is 4.90 Å². The van der Waals surface area contributed by atoms with E-state index in [1.807, 2.05) is 24.0 Å². The van der Waals surface area contributed by atoms with Crippen LogP contribution in [0.5, 0.6) is 0 Å². The summed E-state index contributed by atoms with van der Waals surface area (Å²) in [5.41, 5.74) is 1.18. The number of nitrogens with zero attached hydrogens (tertiary/aromatic N) is 2. The molecule has 27 heavy (non-hydrogen) atoms. The van der Waals surface area contributed by atoms with Crippen molar-refractivity contribution in [1.29, 1.82) is 0 Å². The fourth-order valence-electron chi connectivity index (χ4n) is 4.55. The van der Waals surface area contributed by atoms with Gasteiger partial charge in [0, 0.05) is 18.7 Å². The van der Waals surface area contributed by atoms with Crippen LogP contribution in [0.3, 0.4) is 0 Å². The third-order valence-electron chi connectivity index (χ3n) is 6.32. The quantitative estimate of drug-likeness (QED) is 0.596. The van der Waals surface area contributed by atoms with Gasteiger partial charge < -0.3 is 4.90 Å². The molecular weight excluding hydrogens is 340 g/mol. The molecule has 1 aliphatic carbocycles. The van der Waals surface area contributed by atoms with Gasteiger partial charge >= 0.3 is 0 Å². The molecule has 2 saturated heterocycles. The second-order valence-electron chi connectivity index (χ2n) is 8.19. The minimum absolute atomic E-state index is 0.0269. The maximum absolute atomic E-state index is 12.9. The Morgan fingerprint density at radius 2 is 1.67 bits per heavy atom. The topological polar surface area (TPSA) is 57.7 Å². The summed E-state index contributed by atoms with van der Waals surface area (Å²) in [6.45, 7) is 5.79. The predicted octanol–water partition coefficient (Wildman–Crippen LogP) is 3.26. The molecular formula is C22H26N2O3. The summed E-state index contributed by atoms with van der Waals surface area (Å²) in [4.78, 5) is 41.5. The summed E-state index contributed by atoms with van der Waals surface area (Å²) < 4.78 is 0. The van der Waals surface area contributed by atoms with Gasteiger partial charge in [0.2, 0.25) is 11.8 Å². The minimum atomic E-state index is -0.265. The average molecular weight is 366 g/mol. The maximum atomic E-state index is 12.9. The number of hydrogen-bond donors (Lipinski definition) is 0. The highest BCUT2D eigenvalue weighted by molar-refractivity contribution is 6.22. The largest absolute Gasteiger partial charge is 0.339 e. The maximum Gasteiger partial charge on any atom is 0.253 e. The lowest BCUT2D eigenvalue weighted by molar-refractivity contribution is -0.122. The molecule has 1 aromatic carbocycles. The van der Waals surface area contributed by atoms with Crippen molar-refractivity contribution in [3.05, 3.63) is 42.0 Å². The van der Waals surface area contributed by atoms with Crippen molar-refractivity contribution in [3.8, 4) is 0 Å². The highest BCUT2D eigenvalue weighted by atomic mass is 16.2. The Morgan fingerprint density at radius 3 is 2.30 bits per heavy atom. The molecule has 142 valence electrons. The van der Waals surface area contributed by atoms with Gasteiger partial charge in [-0.25, -0.2) is 0 Å². The van der Waals surface area contributed by atoms with Crippen LogP contribution in [0.4, 0.5) is 5.69 Å². The summed E-state index contributed by atoms with van der Waals surface area (Å²) in [5, 5.41) is 0. The van der Waals surface area contributed by atoms with Crippen molar-refractivity contribution >= 4 is 23.4 Å². The Hall–Kier alpha value is -2.43. The zero-order valence-electron chi connectivity index (χ0n) is 15.9. The van der Waals surface area contributed by atoms with Crippen molar-refractivity contribution in [2.75, 3.05) is 18.0 Å². The fourth-order valence-corrected chi connectivity index (χ4v) is 4.55. The number of likely N-dealkylation sites (tertiary alicyclic amines) is 1. The van der Waals surface area contributed by atoms with Gasteiger partial charge in [-0.15, -0.1) is 0 Å². The zero-order valence-corrected chi connectivity index (χ0v) is 15.9. The Bertz CT molecular complexity index is 790. The fraction of sp³-hybridized carbons (Fsp3) is 0.500. The first-order chi connectivity index (χ1) is 13.0. The minimum Gasteiger partial charge on any atom is -0.339 e. The molecule has 2 aliphatic heterocycles. The van der Waals surface area contributed by atoms with Gasteiger partial charge in [0.05, 0.1) is 17.5 Å². The van der Waals surface area contributed by atoms with E-state index in [1.54, 1.807) is 24.3 Å². The van der Waals surface area contributed by atoms with Gasteiger partial charge in [0.25, 0.3) is 5.91 Å². The molecule has 0 N–H and O–H groups in total. The summed E-state index contributed by atoms with van der Waals surface area (Å²) in [5.74, 6) is 0.0140. The normalized spacial score (nSPS) is 28.6. The molecule has 2 fully saturated rings.